The van der Waals surface area contributed by atoms with Crippen LogP contribution in [0, 0.1) is 13.8 Å². The summed E-state index contributed by atoms with van der Waals surface area (Å²) in [6, 6.07) is 13.3. The van der Waals surface area contributed by atoms with Crippen molar-refractivity contribution in [1.82, 2.24) is 20.3 Å². The van der Waals surface area contributed by atoms with E-state index in [0.29, 0.717) is 33.6 Å². The molecule has 0 saturated heterocycles. The van der Waals surface area contributed by atoms with Gasteiger partial charge in [0, 0.05) is 16.1 Å². The first-order chi connectivity index (χ1) is 13.1. The van der Waals surface area contributed by atoms with Gasteiger partial charge >= 0.3 is 0 Å². The number of nitrogens with zero attached hydrogens (tertiary/aromatic N) is 4. The molecule has 6 nitrogen and oxygen atoms in total. The second-order valence-electron chi connectivity index (χ2n) is 5.98. The van der Waals surface area contributed by atoms with E-state index in [9.17, 15) is 0 Å². The molecule has 0 aliphatic heterocycles. The number of aryl methyl sites for hydroxylation is 2. The first-order valence-corrected chi connectivity index (χ1v) is 9.57. The Morgan fingerprint density at radius 3 is 2.52 bits per heavy atom. The van der Waals surface area contributed by atoms with Gasteiger partial charge in [-0.15, -0.1) is 10.2 Å². The molecule has 2 heterocycles. The fourth-order valence-electron chi connectivity index (χ4n) is 2.41. The molecule has 0 aliphatic rings. The highest BCUT2D eigenvalue weighted by atomic mass is 35.5. The van der Waals surface area contributed by atoms with Gasteiger partial charge in [0.1, 0.15) is 0 Å². The van der Waals surface area contributed by atoms with E-state index >= 15 is 0 Å². The molecule has 0 spiro atoms. The maximum Gasteiger partial charge on any atom is 0.277 e. The summed E-state index contributed by atoms with van der Waals surface area (Å²) in [6.07, 6.45) is 0. The lowest BCUT2D eigenvalue weighted by molar-refractivity contribution is 0.391. The van der Waals surface area contributed by atoms with Crippen molar-refractivity contribution in [1.29, 1.82) is 0 Å². The molecule has 136 valence electrons. The zero-order valence-corrected chi connectivity index (χ0v) is 16.2. The molecule has 0 atom stereocenters. The summed E-state index contributed by atoms with van der Waals surface area (Å²) >= 11 is 7.24. The van der Waals surface area contributed by atoms with Crippen molar-refractivity contribution in [2.45, 2.75) is 24.8 Å². The highest BCUT2D eigenvalue weighted by Crippen LogP contribution is 2.27. The minimum atomic E-state index is 0.440. The normalized spacial score (nSPS) is 11.1. The molecule has 0 aliphatic carbocycles. The van der Waals surface area contributed by atoms with Gasteiger partial charge in [0.05, 0.1) is 5.75 Å². The smallest absolute Gasteiger partial charge is 0.277 e. The molecule has 27 heavy (non-hydrogen) atoms. The van der Waals surface area contributed by atoms with Crippen molar-refractivity contribution in [3.8, 4) is 22.8 Å². The van der Waals surface area contributed by atoms with E-state index in [1.807, 2.05) is 30.3 Å². The van der Waals surface area contributed by atoms with Gasteiger partial charge in [-0.2, -0.15) is 4.98 Å². The Kier molecular flexibility index (Phi) is 4.96. The van der Waals surface area contributed by atoms with Crippen molar-refractivity contribution in [3.63, 3.8) is 0 Å². The van der Waals surface area contributed by atoms with E-state index in [0.717, 1.165) is 11.1 Å². The van der Waals surface area contributed by atoms with Gasteiger partial charge in [0.15, 0.2) is 0 Å². The highest BCUT2D eigenvalue weighted by molar-refractivity contribution is 7.98. The van der Waals surface area contributed by atoms with Gasteiger partial charge in [-0.05, 0) is 61.4 Å². The second-order valence-corrected chi connectivity index (χ2v) is 7.34. The fraction of sp³-hybridized carbons (Fsp3) is 0.158. The molecule has 0 unspecified atom stereocenters. The average molecular weight is 399 g/mol. The van der Waals surface area contributed by atoms with E-state index < -0.39 is 0 Å². The predicted molar refractivity (Wildman–Crippen MR) is 104 cm³/mol. The van der Waals surface area contributed by atoms with Gasteiger partial charge in [0.25, 0.3) is 5.22 Å². The maximum absolute atomic E-state index is 5.89. The molecule has 4 aromatic rings. The van der Waals surface area contributed by atoms with Crippen LogP contribution in [0.1, 0.15) is 17.0 Å². The van der Waals surface area contributed by atoms with Gasteiger partial charge in [-0.1, -0.05) is 34.6 Å². The molecule has 0 radical (unpaired) electrons. The number of benzene rings is 2. The molecular formula is C19H15ClN4O2S. The van der Waals surface area contributed by atoms with Crippen LogP contribution in [0.5, 0.6) is 0 Å². The zero-order chi connectivity index (χ0) is 18.8. The Morgan fingerprint density at radius 1 is 0.963 bits per heavy atom. The molecule has 2 aromatic heterocycles. The highest BCUT2D eigenvalue weighted by Gasteiger charge is 2.13. The number of hydrogen-bond donors (Lipinski definition) is 0. The second kappa shape index (κ2) is 7.54. The van der Waals surface area contributed by atoms with Crippen LogP contribution >= 0.6 is 23.4 Å². The molecule has 8 heteroatoms. The van der Waals surface area contributed by atoms with Gasteiger partial charge < -0.3 is 8.94 Å². The van der Waals surface area contributed by atoms with Crippen molar-refractivity contribution in [2.24, 2.45) is 0 Å². The van der Waals surface area contributed by atoms with E-state index in [2.05, 4.69) is 34.2 Å². The van der Waals surface area contributed by atoms with Gasteiger partial charge in [-0.25, -0.2) is 0 Å². The fourth-order valence-corrected chi connectivity index (χ4v) is 3.14. The Labute approximate surface area is 165 Å². The van der Waals surface area contributed by atoms with Crippen molar-refractivity contribution in [3.05, 3.63) is 64.5 Å². The van der Waals surface area contributed by atoms with E-state index in [1.165, 1.54) is 22.9 Å². The van der Waals surface area contributed by atoms with E-state index in [-0.39, 0.29) is 0 Å². The third-order valence-electron chi connectivity index (χ3n) is 4.05. The van der Waals surface area contributed by atoms with Crippen molar-refractivity contribution < 1.29 is 8.94 Å². The number of rotatable bonds is 5. The summed E-state index contributed by atoms with van der Waals surface area (Å²) in [5, 5.41) is 13.3. The first-order valence-electron chi connectivity index (χ1n) is 8.21. The standard InChI is InChI=1S/C19H15ClN4O2S/c1-11-3-4-14(9-12(11)2)18-22-23-19(25-18)27-10-16-21-17(24-26-16)13-5-7-15(20)8-6-13/h3-9H,10H2,1-2H3. The largest absolute Gasteiger partial charge is 0.411 e. The monoisotopic (exact) mass is 398 g/mol. The zero-order valence-electron chi connectivity index (χ0n) is 14.6. The van der Waals surface area contributed by atoms with Crippen LogP contribution in [-0.2, 0) is 5.75 Å². The number of halogens is 1. The predicted octanol–water partition coefficient (Wildman–Crippen LogP) is 5.35. The lowest BCUT2D eigenvalue weighted by atomic mass is 10.1. The third kappa shape index (κ3) is 4.04. The number of hydrogen-bond acceptors (Lipinski definition) is 7. The molecule has 0 bridgehead atoms. The average Bonchev–Trinajstić information content (AvgIpc) is 3.32. The molecular weight excluding hydrogens is 384 g/mol. The Bertz CT molecular complexity index is 1080. The minimum absolute atomic E-state index is 0.440. The lowest BCUT2D eigenvalue weighted by Crippen LogP contribution is -1.83. The van der Waals surface area contributed by atoms with Crippen LogP contribution in [0.4, 0.5) is 0 Å². The molecule has 4 rings (SSSR count). The van der Waals surface area contributed by atoms with Crippen molar-refractivity contribution in [2.75, 3.05) is 0 Å². The minimum Gasteiger partial charge on any atom is -0.411 e. The van der Waals surface area contributed by atoms with Gasteiger partial charge in [0.2, 0.25) is 17.6 Å². The quantitative estimate of drug-likeness (QED) is 0.419. The summed E-state index contributed by atoms with van der Waals surface area (Å²) < 4.78 is 11.0. The molecule has 0 amide bonds. The van der Waals surface area contributed by atoms with Crippen LogP contribution in [0.25, 0.3) is 22.8 Å². The Morgan fingerprint density at radius 2 is 1.74 bits per heavy atom. The summed E-state index contributed by atoms with van der Waals surface area (Å²) in [7, 11) is 0. The topological polar surface area (TPSA) is 77.8 Å². The molecule has 2 aromatic carbocycles. The van der Waals surface area contributed by atoms with E-state index in [4.69, 9.17) is 20.5 Å². The van der Waals surface area contributed by atoms with E-state index in [1.54, 1.807) is 12.1 Å². The maximum atomic E-state index is 5.89. The number of thioether (sulfide) groups is 1. The van der Waals surface area contributed by atoms with Crippen LogP contribution in [-0.4, -0.2) is 20.3 Å². The van der Waals surface area contributed by atoms with Crippen LogP contribution in [0.15, 0.2) is 56.6 Å². The summed E-state index contributed by atoms with van der Waals surface area (Å²) in [5.74, 6) is 1.93. The summed E-state index contributed by atoms with van der Waals surface area (Å²) in [5.41, 5.74) is 4.15. The SMILES string of the molecule is Cc1ccc(-c2nnc(SCc3nc(-c4ccc(Cl)cc4)no3)o2)cc1C. The van der Waals surface area contributed by atoms with Crippen molar-refractivity contribution >= 4 is 23.4 Å². The number of aromatic nitrogens is 4. The summed E-state index contributed by atoms with van der Waals surface area (Å²) in [4.78, 5) is 4.38. The van der Waals surface area contributed by atoms with Gasteiger partial charge in [-0.3, -0.25) is 0 Å². The lowest BCUT2D eigenvalue weighted by Gasteiger charge is -2.00. The van der Waals surface area contributed by atoms with Crippen LogP contribution < -0.4 is 0 Å². The van der Waals surface area contributed by atoms with Crippen LogP contribution in [0.3, 0.4) is 0 Å². The first kappa shape index (κ1) is 17.8. The van der Waals surface area contributed by atoms with Crippen LogP contribution in [0.2, 0.25) is 5.02 Å². The molecule has 0 saturated carbocycles. The molecule has 0 N–H and O–H groups in total. The summed E-state index contributed by atoms with van der Waals surface area (Å²) in [6.45, 7) is 4.12. The Balaban J connectivity index is 1.43. The third-order valence-corrected chi connectivity index (χ3v) is 5.11. The Hall–Kier alpha value is -2.64. The molecule has 0 fully saturated rings.